The molecule has 3 nitrogen and oxygen atoms in total. The Balaban J connectivity index is 2.52. The molecule has 1 unspecified atom stereocenters. The quantitative estimate of drug-likeness (QED) is 0.597. The summed E-state index contributed by atoms with van der Waals surface area (Å²) in [6, 6.07) is -0.848. The van der Waals surface area contributed by atoms with Crippen LogP contribution in [0.5, 0.6) is 0 Å². The molecule has 1 fully saturated rings. The Morgan fingerprint density at radius 3 is 2.83 bits per heavy atom. The monoisotopic (exact) mass is 179 g/mol. The predicted molar refractivity (Wildman–Crippen MR) is 38.0 cm³/mol. The van der Waals surface area contributed by atoms with Gasteiger partial charge < -0.3 is 10.1 Å². The van der Waals surface area contributed by atoms with Crippen LogP contribution >= 0.6 is 0 Å². The van der Waals surface area contributed by atoms with E-state index in [1.54, 1.807) is 0 Å². The summed E-state index contributed by atoms with van der Waals surface area (Å²) in [4.78, 5) is 10.8. The molecule has 1 heterocycles. The van der Waals surface area contributed by atoms with Crippen LogP contribution in [0.15, 0.2) is 0 Å². The fourth-order valence-electron chi connectivity index (χ4n) is 1.21. The van der Waals surface area contributed by atoms with Gasteiger partial charge in [-0.2, -0.15) is 0 Å². The van der Waals surface area contributed by atoms with Crippen molar-refractivity contribution in [2.45, 2.75) is 24.8 Å². The van der Waals surface area contributed by atoms with Crippen molar-refractivity contribution in [2.75, 3.05) is 13.7 Å². The van der Waals surface area contributed by atoms with Crippen LogP contribution in [-0.4, -0.2) is 31.6 Å². The molecule has 1 saturated heterocycles. The van der Waals surface area contributed by atoms with Crippen LogP contribution in [0, 0.1) is 0 Å². The van der Waals surface area contributed by atoms with Gasteiger partial charge in [0, 0.05) is 19.4 Å². The molecule has 0 aliphatic carbocycles. The molecule has 0 aromatic rings. The van der Waals surface area contributed by atoms with E-state index < -0.39 is 24.4 Å². The molecule has 5 heteroatoms. The van der Waals surface area contributed by atoms with Crippen molar-refractivity contribution in [1.82, 2.24) is 5.32 Å². The van der Waals surface area contributed by atoms with Crippen LogP contribution in [0.4, 0.5) is 8.78 Å². The Hall–Kier alpha value is -0.710. The standard InChI is InChI=1S/C7H11F2NO2/c1-12-6(11)5-4-7(8,9)2-3-10-5/h5,10H,2-4H2,1H3. The minimum absolute atomic E-state index is 0.159. The molecule has 1 aliphatic rings. The SMILES string of the molecule is COC(=O)C1CC(F)(F)CCN1. The summed E-state index contributed by atoms with van der Waals surface area (Å²) < 4.78 is 29.8. The van der Waals surface area contributed by atoms with Gasteiger partial charge in [-0.3, -0.25) is 4.79 Å². The first-order valence-electron chi connectivity index (χ1n) is 3.74. The molecule has 1 N–H and O–H groups in total. The maximum Gasteiger partial charge on any atom is 0.323 e. The highest BCUT2D eigenvalue weighted by molar-refractivity contribution is 5.75. The van der Waals surface area contributed by atoms with E-state index in [0.717, 1.165) is 0 Å². The van der Waals surface area contributed by atoms with Crippen molar-refractivity contribution < 1.29 is 18.3 Å². The minimum atomic E-state index is -2.73. The lowest BCUT2D eigenvalue weighted by Crippen LogP contribution is -2.48. The summed E-state index contributed by atoms with van der Waals surface area (Å²) in [6.07, 6.45) is -0.667. The lowest BCUT2D eigenvalue weighted by molar-refractivity contribution is -0.148. The molecule has 0 saturated carbocycles. The molecule has 0 spiro atoms. The van der Waals surface area contributed by atoms with Gasteiger partial charge in [0.05, 0.1) is 7.11 Å². The molecule has 0 amide bonds. The van der Waals surface area contributed by atoms with E-state index in [4.69, 9.17) is 0 Å². The van der Waals surface area contributed by atoms with Crippen molar-refractivity contribution in [3.05, 3.63) is 0 Å². The molecule has 70 valence electrons. The highest BCUT2D eigenvalue weighted by Crippen LogP contribution is 2.27. The molecule has 0 aromatic heterocycles. The van der Waals surface area contributed by atoms with Crippen molar-refractivity contribution in [3.63, 3.8) is 0 Å². The normalized spacial score (nSPS) is 28.1. The third-order valence-electron chi connectivity index (χ3n) is 1.87. The van der Waals surface area contributed by atoms with Crippen molar-refractivity contribution >= 4 is 5.97 Å². The van der Waals surface area contributed by atoms with E-state index in [-0.39, 0.29) is 13.0 Å². The number of alkyl halides is 2. The number of methoxy groups -OCH3 is 1. The highest BCUT2D eigenvalue weighted by Gasteiger charge is 2.39. The van der Waals surface area contributed by atoms with E-state index in [9.17, 15) is 13.6 Å². The Labute approximate surface area is 69.1 Å². The van der Waals surface area contributed by atoms with Gasteiger partial charge in [0.1, 0.15) is 6.04 Å². The number of piperidine rings is 1. The van der Waals surface area contributed by atoms with E-state index in [1.807, 2.05) is 0 Å². The Kier molecular flexibility index (Phi) is 2.62. The molecule has 1 aliphatic heterocycles. The Bertz CT molecular complexity index is 184. The first kappa shape index (κ1) is 9.38. The zero-order valence-electron chi connectivity index (χ0n) is 6.77. The summed E-state index contributed by atoms with van der Waals surface area (Å²) in [6.45, 7) is 0.159. The predicted octanol–water partition coefficient (Wildman–Crippen LogP) is 0.547. The number of halogens is 2. The third-order valence-corrected chi connectivity index (χ3v) is 1.87. The molecule has 0 bridgehead atoms. The van der Waals surface area contributed by atoms with Gasteiger partial charge in [-0.15, -0.1) is 0 Å². The summed E-state index contributed by atoms with van der Waals surface area (Å²) in [5.41, 5.74) is 0. The second-order valence-electron chi connectivity index (χ2n) is 2.84. The fourth-order valence-corrected chi connectivity index (χ4v) is 1.21. The van der Waals surface area contributed by atoms with Gasteiger partial charge in [0.25, 0.3) is 5.92 Å². The van der Waals surface area contributed by atoms with E-state index in [2.05, 4.69) is 10.1 Å². The molecule has 1 rings (SSSR count). The average molecular weight is 179 g/mol. The number of ether oxygens (including phenoxy) is 1. The Morgan fingerprint density at radius 1 is 1.67 bits per heavy atom. The summed E-state index contributed by atoms with van der Waals surface area (Å²) in [5.74, 6) is -3.35. The van der Waals surface area contributed by atoms with Crippen molar-refractivity contribution in [1.29, 1.82) is 0 Å². The van der Waals surface area contributed by atoms with E-state index in [1.165, 1.54) is 7.11 Å². The second kappa shape index (κ2) is 3.35. The van der Waals surface area contributed by atoms with Crippen LogP contribution in [0.3, 0.4) is 0 Å². The van der Waals surface area contributed by atoms with Gasteiger partial charge in [0.2, 0.25) is 0 Å². The highest BCUT2D eigenvalue weighted by atomic mass is 19.3. The number of carbonyl (C=O) groups is 1. The van der Waals surface area contributed by atoms with Crippen LogP contribution in [0.2, 0.25) is 0 Å². The zero-order chi connectivity index (χ0) is 9.19. The van der Waals surface area contributed by atoms with Gasteiger partial charge in [-0.25, -0.2) is 8.78 Å². The first-order valence-corrected chi connectivity index (χ1v) is 3.74. The molecule has 12 heavy (non-hydrogen) atoms. The molecule has 0 aromatic carbocycles. The van der Waals surface area contributed by atoms with Crippen LogP contribution in [0.1, 0.15) is 12.8 Å². The summed E-state index contributed by atoms with van der Waals surface area (Å²) in [5, 5.41) is 2.67. The molecule has 0 radical (unpaired) electrons. The van der Waals surface area contributed by atoms with Crippen LogP contribution < -0.4 is 5.32 Å². The lowest BCUT2D eigenvalue weighted by Gasteiger charge is -2.28. The van der Waals surface area contributed by atoms with Crippen molar-refractivity contribution in [3.8, 4) is 0 Å². The average Bonchev–Trinajstić information content (AvgIpc) is 2.01. The van der Waals surface area contributed by atoms with Gasteiger partial charge in [-0.05, 0) is 0 Å². The van der Waals surface area contributed by atoms with Gasteiger partial charge in [-0.1, -0.05) is 0 Å². The van der Waals surface area contributed by atoms with Gasteiger partial charge in [0.15, 0.2) is 0 Å². The minimum Gasteiger partial charge on any atom is -0.468 e. The summed E-state index contributed by atoms with van der Waals surface area (Å²) in [7, 11) is 1.19. The topological polar surface area (TPSA) is 38.3 Å². The number of carbonyl (C=O) groups excluding carboxylic acids is 1. The van der Waals surface area contributed by atoms with E-state index >= 15 is 0 Å². The molecule has 1 atom stereocenters. The smallest absolute Gasteiger partial charge is 0.323 e. The zero-order valence-corrected chi connectivity index (χ0v) is 6.77. The third kappa shape index (κ3) is 2.14. The maximum atomic E-state index is 12.7. The molecular weight excluding hydrogens is 168 g/mol. The van der Waals surface area contributed by atoms with Gasteiger partial charge >= 0.3 is 5.97 Å². The second-order valence-corrected chi connectivity index (χ2v) is 2.84. The number of rotatable bonds is 1. The number of hydrogen-bond donors (Lipinski definition) is 1. The number of esters is 1. The molecular formula is C7H11F2NO2. The lowest BCUT2D eigenvalue weighted by atomic mass is 10.0. The maximum absolute atomic E-state index is 12.7. The largest absolute Gasteiger partial charge is 0.468 e. The van der Waals surface area contributed by atoms with Crippen molar-refractivity contribution in [2.24, 2.45) is 0 Å². The number of hydrogen-bond acceptors (Lipinski definition) is 3. The fraction of sp³-hybridized carbons (Fsp3) is 0.857. The first-order chi connectivity index (χ1) is 5.55. The van der Waals surface area contributed by atoms with Crippen LogP contribution in [-0.2, 0) is 9.53 Å². The van der Waals surface area contributed by atoms with E-state index in [0.29, 0.717) is 0 Å². The Morgan fingerprint density at radius 2 is 2.33 bits per heavy atom. The van der Waals surface area contributed by atoms with Crippen LogP contribution in [0.25, 0.3) is 0 Å². The number of nitrogens with one attached hydrogen (secondary N) is 1. The summed E-state index contributed by atoms with van der Waals surface area (Å²) >= 11 is 0.